The zero-order chi connectivity index (χ0) is 17.6. The maximum absolute atomic E-state index is 13.6. The molecule has 3 aromatic rings. The number of rotatable bonds is 3. The summed E-state index contributed by atoms with van der Waals surface area (Å²) in [6.45, 7) is 0. The lowest BCUT2D eigenvalue weighted by Gasteiger charge is -2.10. The number of fused-ring (bicyclic) bond motifs is 1. The molecule has 0 saturated carbocycles. The smallest absolute Gasteiger partial charge is 0.408 e. The normalized spacial score (nSPS) is 11.8. The van der Waals surface area contributed by atoms with Gasteiger partial charge in [-0.15, -0.1) is 0 Å². The van der Waals surface area contributed by atoms with E-state index >= 15 is 0 Å². The summed E-state index contributed by atoms with van der Waals surface area (Å²) < 4.78 is 59.4. The highest BCUT2D eigenvalue weighted by Gasteiger charge is 2.22. The molecule has 0 atom stereocenters. The van der Waals surface area contributed by atoms with E-state index in [9.17, 15) is 22.0 Å². The van der Waals surface area contributed by atoms with Crippen LogP contribution in [0.2, 0.25) is 5.02 Å². The molecule has 0 bridgehead atoms. The van der Waals surface area contributed by atoms with Crippen LogP contribution in [0.1, 0.15) is 0 Å². The van der Waals surface area contributed by atoms with Crippen LogP contribution in [0.3, 0.4) is 0 Å². The highest BCUT2D eigenvalue weighted by molar-refractivity contribution is 7.92. The van der Waals surface area contributed by atoms with Crippen molar-refractivity contribution in [2.45, 2.75) is 4.90 Å². The van der Waals surface area contributed by atoms with Crippen molar-refractivity contribution in [2.24, 2.45) is 7.05 Å². The van der Waals surface area contributed by atoms with Crippen LogP contribution in [-0.2, 0) is 17.1 Å². The molecule has 1 aromatic heterocycles. The van der Waals surface area contributed by atoms with Crippen LogP contribution in [0.15, 0.2) is 44.4 Å². The highest BCUT2D eigenvalue weighted by atomic mass is 35.5. The Balaban J connectivity index is 2.11. The molecule has 0 amide bonds. The summed E-state index contributed by atoms with van der Waals surface area (Å²) in [7, 11) is -2.85. The van der Waals surface area contributed by atoms with Crippen molar-refractivity contribution >= 4 is 38.4 Å². The van der Waals surface area contributed by atoms with Gasteiger partial charge in [0.1, 0.15) is 16.5 Å². The Labute approximate surface area is 139 Å². The van der Waals surface area contributed by atoms with Gasteiger partial charge in [-0.2, -0.15) is 0 Å². The second-order valence-corrected chi connectivity index (χ2v) is 6.97. The van der Waals surface area contributed by atoms with Gasteiger partial charge in [-0.05, 0) is 18.2 Å². The van der Waals surface area contributed by atoms with Crippen molar-refractivity contribution < 1.29 is 21.6 Å². The molecule has 0 aliphatic rings. The Kier molecular flexibility index (Phi) is 3.84. The fraction of sp³-hybridized carbons (Fsp3) is 0.0714. The topological polar surface area (TPSA) is 81.3 Å². The van der Waals surface area contributed by atoms with Gasteiger partial charge in [-0.25, -0.2) is 22.0 Å². The number of benzene rings is 2. The standard InChI is InChI=1S/C14H9ClF2N2O4S/c1-19-11-5-8(15)13(6-12(11)23-14(19)20)24(21,22)18-10-3-2-7(16)4-9(10)17/h2-6,18H,1H3. The summed E-state index contributed by atoms with van der Waals surface area (Å²) in [6, 6.07) is 4.69. The summed E-state index contributed by atoms with van der Waals surface area (Å²) in [4.78, 5) is 11.1. The van der Waals surface area contributed by atoms with E-state index in [0.29, 0.717) is 11.6 Å². The molecule has 2 aromatic carbocycles. The van der Waals surface area contributed by atoms with Gasteiger partial charge in [0.05, 0.1) is 16.2 Å². The van der Waals surface area contributed by atoms with E-state index in [0.717, 1.165) is 22.8 Å². The summed E-state index contributed by atoms with van der Waals surface area (Å²) in [5, 5.41) is -0.186. The average molecular weight is 375 g/mol. The van der Waals surface area contributed by atoms with E-state index in [1.165, 1.54) is 13.1 Å². The van der Waals surface area contributed by atoms with Crippen molar-refractivity contribution in [1.82, 2.24) is 4.57 Å². The van der Waals surface area contributed by atoms with Gasteiger partial charge < -0.3 is 4.42 Å². The van der Waals surface area contributed by atoms with Crippen LogP contribution in [0.25, 0.3) is 11.1 Å². The fourth-order valence-corrected chi connectivity index (χ4v) is 3.71. The van der Waals surface area contributed by atoms with E-state index in [4.69, 9.17) is 16.0 Å². The summed E-state index contributed by atoms with van der Waals surface area (Å²) in [5.74, 6) is -2.61. The second kappa shape index (κ2) is 5.60. The van der Waals surface area contributed by atoms with Crippen LogP contribution in [-0.4, -0.2) is 13.0 Å². The predicted molar refractivity (Wildman–Crippen MR) is 83.6 cm³/mol. The Morgan fingerprint density at radius 3 is 2.58 bits per heavy atom. The Hall–Kier alpha value is -2.39. The first kappa shape index (κ1) is 16.5. The molecule has 0 unspecified atom stereocenters. The van der Waals surface area contributed by atoms with Crippen LogP contribution < -0.4 is 10.5 Å². The third-order valence-corrected chi connectivity index (χ3v) is 5.14. The average Bonchev–Trinajstić information content (AvgIpc) is 2.76. The maximum atomic E-state index is 13.6. The lowest BCUT2D eigenvalue weighted by Crippen LogP contribution is -2.14. The van der Waals surface area contributed by atoms with Gasteiger partial charge in [0.15, 0.2) is 5.58 Å². The minimum Gasteiger partial charge on any atom is -0.408 e. The number of nitrogens with one attached hydrogen (secondary N) is 1. The van der Waals surface area contributed by atoms with Crippen molar-refractivity contribution in [1.29, 1.82) is 0 Å². The van der Waals surface area contributed by atoms with Crippen LogP contribution in [0.4, 0.5) is 14.5 Å². The Morgan fingerprint density at radius 1 is 1.21 bits per heavy atom. The first-order valence-electron chi connectivity index (χ1n) is 6.46. The molecule has 0 aliphatic heterocycles. The molecule has 1 heterocycles. The molecule has 0 saturated heterocycles. The number of aromatic nitrogens is 1. The second-order valence-electron chi connectivity index (χ2n) is 4.91. The predicted octanol–water partition coefficient (Wildman–Crippen LogP) is 2.86. The lowest BCUT2D eigenvalue weighted by molar-refractivity contribution is 0.527. The monoisotopic (exact) mass is 374 g/mol. The lowest BCUT2D eigenvalue weighted by atomic mass is 10.3. The van der Waals surface area contributed by atoms with E-state index in [2.05, 4.69) is 0 Å². The number of hydrogen-bond acceptors (Lipinski definition) is 4. The number of anilines is 1. The number of halogens is 3. The van der Waals surface area contributed by atoms with E-state index < -0.39 is 38.0 Å². The largest absolute Gasteiger partial charge is 0.419 e. The molecule has 0 aliphatic carbocycles. The molecule has 0 radical (unpaired) electrons. The zero-order valence-corrected chi connectivity index (χ0v) is 13.6. The SMILES string of the molecule is Cn1c(=O)oc2cc(S(=O)(=O)Nc3ccc(F)cc3F)c(Cl)cc21. The van der Waals surface area contributed by atoms with Crippen LogP contribution >= 0.6 is 11.6 Å². The highest BCUT2D eigenvalue weighted by Crippen LogP contribution is 2.29. The number of nitrogens with zero attached hydrogens (tertiary/aromatic N) is 1. The van der Waals surface area contributed by atoms with E-state index in [1.807, 2.05) is 4.72 Å². The third-order valence-electron chi connectivity index (χ3n) is 3.31. The number of hydrogen-bond donors (Lipinski definition) is 1. The number of sulfonamides is 1. The van der Waals surface area contributed by atoms with Gasteiger partial charge >= 0.3 is 5.76 Å². The molecule has 6 nitrogen and oxygen atoms in total. The molecular formula is C14H9ClF2N2O4S. The van der Waals surface area contributed by atoms with E-state index in [1.54, 1.807) is 0 Å². The van der Waals surface area contributed by atoms with Crippen molar-refractivity contribution in [3.05, 3.63) is 57.5 Å². The number of aryl methyl sites for hydroxylation is 1. The van der Waals surface area contributed by atoms with Crippen molar-refractivity contribution in [3.8, 4) is 0 Å². The van der Waals surface area contributed by atoms with Crippen LogP contribution in [0, 0.1) is 11.6 Å². The molecule has 10 heteroatoms. The molecule has 24 heavy (non-hydrogen) atoms. The van der Waals surface area contributed by atoms with Gasteiger partial charge in [0.25, 0.3) is 10.0 Å². The fourth-order valence-electron chi connectivity index (χ4n) is 2.11. The van der Waals surface area contributed by atoms with Gasteiger partial charge in [-0.1, -0.05) is 11.6 Å². The summed E-state index contributed by atoms with van der Waals surface area (Å²) in [6.07, 6.45) is 0. The quantitative estimate of drug-likeness (QED) is 0.764. The first-order chi connectivity index (χ1) is 11.2. The molecule has 0 fully saturated rings. The summed E-state index contributed by atoms with van der Waals surface area (Å²) in [5.41, 5.74) is -0.133. The van der Waals surface area contributed by atoms with E-state index in [-0.39, 0.29) is 10.6 Å². The minimum atomic E-state index is -4.29. The minimum absolute atomic E-state index is 0.00635. The van der Waals surface area contributed by atoms with Crippen molar-refractivity contribution in [3.63, 3.8) is 0 Å². The molecule has 126 valence electrons. The molecule has 1 N–H and O–H groups in total. The molecular weight excluding hydrogens is 366 g/mol. The maximum Gasteiger partial charge on any atom is 0.419 e. The molecule has 0 spiro atoms. The Bertz CT molecular complexity index is 1120. The van der Waals surface area contributed by atoms with Gasteiger partial charge in [0.2, 0.25) is 0 Å². The van der Waals surface area contributed by atoms with Gasteiger partial charge in [-0.3, -0.25) is 9.29 Å². The number of oxazole rings is 1. The van der Waals surface area contributed by atoms with Crippen LogP contribution in [0.5, 0.6) is 0 Å². The summed E-state index contributed by atoms with van der Waals surface area (Å²) >= 11 is 5.97. The van der Waals surface area contributed by atoms with Crippen molar-refractivity contribution in [2.75, 3.05) is 4.72 Å². The first-order valence-corrected chi connectivity index (χ1v) is 8.32. The van der Waals surface area contributed by atoms with Gasteiger partial charge in [0, 0.05) is 19.2 Å². The molecule has 3 rings (SSSR count). The zero-order valence-electron chi connectivity index (χ0n) is 12.0. The Morgan fingerprint density at radius 2 is 1.92 bits per heavy atom. The third kappa shape index (κ3) is 2.76.